The second kappa shape index (κ2) is 5.37. The van der Waals surface area contributed by atoms with Gasteiger partial charge in [-0.25, -0.2) is 0 Å². The smallest absolute Gasteiger partial charge is 0.0707 e. The largest absolute Gasteiger partial charge is 0.372 e. The fourth-order valence-corrected chi connectivity index (χ4v) is 3.16. The summed E-state index contributed by atoms with van der Waals surface area (Å²) < 4.78 is 5.86. The molecule has 1 aliphatic carbocycles. The number of rotatable bonds is 2. The van der Waals surface area contributed by atoms with Gasteiger partial charge in [-0.1, -0.05) is 18.2 Å². The molecule has 2 saturated heterocycles. The molecular formula is C15H22N2O. The number of hydrogen-bond donors (Lipinski definition) is 1. The molecule has 3 heteroatoms. The first-order valence-corrected chi connectivity index (χ1v) is 7.12. The molecule has 18 heavy (non-hydrogen) atoms. The van der Waals surface area contributed by atoms with Gasteiger partial charge in [0, 0.05) is 25.3 Å². The molecule has 0 aromatic carbocycles. The average molecular weight is 246 g/mol. The van der Waals surface area contributed by atoms with Crippen LogP contribution in [0.4, 0.5) is 0 Å². The summed E-state index contributed by atoms with van der Waals surface area (Å²) in [5.41, 5.74) is 2.03. The van der Waals surface area contributed by atoms with E-state index in [1.54, 1.807) is 0 Å². The van der Waals surface area contributed by atoms with Crippen molar-refractivity contribution in [2.45, 2.75) is 44.3 Å². The molecule has 2 aliphatic heterocycles. The molecule has 2 unspecified atom stereocenters. The second-order valence-corrected chi connectivity index (χ2v) is 5.64. The number of nitrogens with one attached hydrogen (secondary N) is 1. The molecule has 98 valence electrons. The van der Waals surface area contributed by atoms with Crippen molar-refractivity contribution in [2.75, 3.05) is 19.6 Å². The van der Waals surface area contributed by atoms with Crippen LogP contribution in [0.25, 0.3) is 0 Å². The molecule has 2 heterocycles. The van der Waals surface area contributed by atoms with Crippen LogP contribution in [0.2, 0.25) is 0 Å². The van der Waals surface area contributed by atoms with Gasteiger partial charge in [0.05, 0.1) is 12.2 Å². The number of ether oxygens (including phenoxy) is 1. The van der Waals surface area contributed by atoms with Crippen LogP contribution in [-0.2, 0) is 4.74 Å². The minimum absolute atomic E-state index is 0.447. The summed E-state index contributed by atoms with van der Waals surface area (Å²) >= 11 is 0. The van der Waals surface area contributed by atoms with Gasteiger partial charge in [0.2, 0.25) is 0 Å². The zero-order valence-corrected chi connectivity index (χ0v) is 10.9. The Kier molecular flexibility index (Phi) is 3.62. The Bertz CT molecular complexity index is 374. The number of allylic oxidation sites excluding steroid dienone is 3. The number of nitrogens with zero attached hydrogens (tertiary/aromatic N) is 1. The van der Waals surface area contributed by atoms with Crippen LogP contribution < -0.4 is 0 Å². The topological polar surface area (TPSA) is 36.3 Å². The summed E-state index contributed by atoms with van der Waals surface area (Å²) in [7, 11) is 0. The van der Waals surface area contributed by atoms with Crippen molar-refractivity contribution in [1.29, 1.82) is 5.41 Å². The third kappa shape index (κ3) is 2.73. The summed E-state index contributed by atoms with van der Waals surface area (Å²) in [6.45, 7) is 3.02. The lowest BCUT2D eigenvalue weighted by molar-refractivity contribution is -0.0348. The maximum atomic E-state index is 8.16. The van der Waals surface area contributed by atoms with Gasteiger partial charge in [0.25, 0.3) is 0 Å². The Morgan fingerprint density at radius 2 is 2.06 bits per heavy atom. The van der Waals surface area contributed by atoms with E-state index in [1.165, 1.54) is 18.4 Å². The predicted octanol–water partition coefficient (Wildman–Crippen LogP) is 2.54. The molecule has 2 fully saturated rings. The second-order valence-electron chi connectivity index (χ2n) is 5.64. The molecule has 1 N–H and O–H groups in total. The van der Waals surface area contributed by atoms with Crippen molar-refractivity contribution in [3.63, 3.8) is 0 Å². The van der Waals surface area contributed by atoms with Crippen molar-refractivity contribution in [1.82, 2.24) is 4.90 Å². The summed E-state index contributed by atoms with van der Waals surface area (Å²) in [5, 5.41) is 8.16. The molecule has 0 saturated carbocycles. The van der Waals surface area contributed by atoms with Crippen LogP contribution >= 0.6 is 0 Å². The van der Waals surface area contributed by atoms with Gasteiger partial charge < -0.3 is 10.1 Å². The van der Waals surface area contributed by atoms with Crippen molar-refractivity contribution < 1.29 is 4.74 Å². The van der Waals surface area contributed by atoms with Gasteiger partial charge in [-0.05, 0) is 37.7 Å². The number of hydrogen-bond acceptors (Lipinski definition) is 3. The van der Waals surface area contributed by atoms with E-state index < -0.39 is 0 Å². The van der Waals surface area contributed by atoms with Crippen LogP contribution in [0.5, 0.6) is 0 Å². The van der Waals surface area contributed by atoms with Crippen LogP contribution in [0.1, 0.15) is 32.1 Å². The van der Waals surface area contributed by atoms with Gasteiger partial charge >= 0.3 is 0 Å². The third-order valence-electron chi connectivity index (χ3n) is 4.13. The highest BCUT2D eigenvalue weighted by Crippen LogP contribution is 2.27. The van der Waals surface area contributed by atoms with Crippen molar-refractivity contribution >= 4 is 5.71 Å². The number of likely N-dealkylation sites (tertiary alicyclic amines) is 1. The molecule has 0 aromatic rings. The highest BCUT2D eigenvalue weighted by molar-refractivity contribution is 5.98. The minimum Gasteiger partial charge on any atom is -0.372 e. The normalized spacial score (nSPS) is 36.0. The zero-order chi connectivity index (χ0) is 12.4. The molecular weight excluding hydrogens is 224 g/mol. The Labute approximate surface area is 109 Å². The molecule has 3 rings (SSSR count). The van der Waals surface area contributed by atoms with E-state index in [4.69, 9.17) is 10.1 Å². The first kappa shape index (κ1) is 12.1. The van der Waals surface area contributed by atoms with E-state index in [0.29, 0.717) is 12.2 Å². The SMILES string of the molecule is N=C1CCCC=C/C=C\1CN1CC2CCC(C1)O2. The first-order chi connectivity index (χ1) is 8.81. The summed E-state index contributed by atoms with van der Waals surface area (Å²) in [6, 6.07) is 0. The van der Waals surface area contributed by atoms with Gasteiger partial charge in [-0.3, -0.25) is 4.90 Å². The van der Waals surface area contributed by atoms with Gasteiger partial charge in [-0.2, -0.15) is 0 Å². The Hall–Kier alpha value is -0.930. The predicted molar refractivity (Wildman–Crippen MR) is 73.1 cm³/mol. The lowest BCUT2D eigenvalue weighted by atomic mass is 10.0. The fourth-order valence-electron chi connectivity index (χ4n) is 3.16. The molecule has 0 radical (unpaired) electrons. The molecule has 2 bridgehead atoms. The minimum atomic E-state index is 0.447. The highest BCUT2D eigenvalue weighted by atomic mass is 16.5. The number of morpholine rings is 1. The van der Waals surface area contributed by atoms with Crippen LogP contribution in [0.15, 0.2) is 23.8 Å². The van der Waals surface area contributed by atoms with Gasteiger partial charge in [0.15, 0.2) is 0 Å². The van der Waals surface area contributed by atoms with E-state index in [2.05, 4.69) is 23.1 Å². The molecule has 0 amide bonds. The molecule has 0 aromatic heterocycles. The lowest BCUT2D eigenvalue weighted by Gasteiger charge is -2.32. The quantitative estimate of drug-likeness (QED) is 0.813. The van der Waals surface area contributed by atoms with Crippen molar-refractivity contribution in [2.24, 2.45) is 0 Å². The summed E-state index contributed by atoms with van der Waals surface area (Å²) in [6.07, 6.45) is 13.0. The third-order valence-corrected chi connectivity index (χ3v) is 4.13. The van der Waals surface area contributed by atoms with Gasteiger partial charge in [0.1, 0.15) is 0 Å². The monoisotopic (exact) mass is 246 g/mol. The van der Waals surface area contributed by atoms with Gasteiger partial charge in [-0.15, -0.1) is 0 Å². The Balaban J connectivity index is 1.65. The van der Waals surface area contributed by atoms with Crippen LogP contribution in [0.3, 0.4) is 0 Å². The molecule has 2 atom stereocenters. The number of fused-ring (bicyclic) bond motifs is 2. The van der Waals surface area contributed by atoms with Crippen molar-refractivity contribution in [3.05, 3.63) is 23.8 Å². The maximum Gasteiger partial charge on any atom is 0.0707 e. The van der Waals surface area contributed by atoms with E-state index in [9.17, 15) is 0 Å². The molecule has 3 aliphatic rings. The van der Waals surface area contributed by atoms with Crippen molar-refractivity contribution in [3.8, 4) is 0 Å². The average Bonchev–Trinajstić information content (AvgIpc) is 2.69. The highest BCUT2D eigenvalue weighted by Gasteiger charge is 2.33. The maximum absolute atomic E-state index is 8.16. The van der Waals surface area contributed by atoms with E-state index >= 15 is 0 Å². The Morgan fingerprint density at radius 3 is 2.83 bits per heavy atom. The van der Waals surface area contributed by atoms with Crippen LogP contribution in [-0.4, -0.2) is 42.5 Å². The van der Waals surface area contributed by atoms with Crippen LogP contribution in [0, 0.1) is 5.41 Å². The lowest BCUT2D eigenvalue weighted by Crippen LogP contribution is -2.43. The van der Waals surface area contributed by atoms with E-state index in [1.807, 2.05) is 0 Å². The van der Waals surface area contributed by atoms with E-state index in [-0.39, 0.29) is 0 Å². The summed E-state index contributed by atoms with van der Waals surface area (Å²) in [5.74, 6) is 0. The fraction of sp³-hybridized carbons (Fsp3) is 0.667. The first-order valence-electron chi connectivity index (χ1n) is 7.12. The molecule has 3 nitrogen and oxygen atoms in total. The molecule has 0 spiro atoms. The summed E-state index contributed by atoms with van der Waals surface area (Å²) in [4.78, 5) is 2.47. The standard InChI is InChI=1S/C15H22N2O/c16-15-6-4-2-1-3-5-12(15)9-17-10-13-7-8-14(11-17)18-13/h1,3,5,13-14,16H,2,4,6-11H2/b3-1?,12-5-,16-15?. The van der Waals surface area contributed by atoms with E-state index in [0.717, 1.165) is 44.6 Å². The Morgan fingerprint density at radius 1 is 1.28 bits per heavy atom. The zero-order valence-electron chi connectivity index (χ0n) is 10.9.